The van der Waals surface area contributed by atoms with E-state index in [2.05, 4.69) is 51.0 Å². The fourth-order valence-corrected chi connectivity index (χ4v) is 4.13. The molecule has 0 spiro atoms. The molecule has 0 radical (unpaired) electrons. The average Bonchev–Trinajstić information content (AvgIpc) is 3.19. The molecule has 5 heteroatoms. The Morgan fingerprint density at radius 1 is 1.10 bits per heavy atom. The van der Waals surface area contributed by atoms with Gasteiger partial charge in [0.05, 0.1) is 6.04 Å². The Kier molecular flexibility index (Phi) is 6.40. The van der Waals surface area contributed by atoms with E-state index in [0.29, 0.717) is 5.56 Å². The van der Waals surface area contributed by atoms with E-state index in [0.717, 1.165) is 42.5 Å². The van der Waals surface area contributed by atoms with Gasteiger partial charge in [0.2, 0.25) is 0 Å². The van der Waals surface area contributed by atoms with Crippen LogP contribution < -0.4 is 10.2 Å². The number of aromatic nitrogens is 2. The number of imidazole rings is 1. The first-order valence-corrected chi connectivity index (χ1v) is 11.2. The highest BCUT2D eigenvalue weighted by Gasteiger charge is 2.17. The van der Waals surface area contributed by atoms with Crippen molar-refractivity contribution in [3.8, 4) is 0 Å². The van der Waals surface area contributed by atoms with Crippen LogP contribution in [0.3, 0.4) is 0 Å². The van der Waals surface area contributed by atoms with Crippen molar-refractivity contribution in [1.82, 2.24) is 14.9 Å². The van der Waals surface area contributed by atoms with Crippen molar-refractivity contribution in [2.45, 2.75) is 46.2 Å². The maximum Gasteiger partial charge on any atom is 0.251 e. The third-order valence-corrected chi connectivity index (χ3v) is 6.38. The molecule has 31 heavy (non-hydrogen) atoms. The summed E-state index contributed by atoms with van der Waals surface area (Å²) in [7, 11) is 0. The van der Waals surface area contributed by atoms with Crippen LogP contribution in [0.4, 0.5) is 5.69 Å². The number of carbonyl (C=O) groups is 1. The molecule has 0 unspecified atom stereocenters. The number of benzene rings is 2. The van der Waals surface area contributed by atoms with Gasteiger partial charge in [-0.05, 0) is 68.0 Å². The number of amides is 1. The van der Waals surface area contributed by atoms with Crippen molar-refractivity contribution >= 4 is 11.6 Å². The highest BCUT2D eigenvalue weighted by molar-refractivity contribution is 5.94. The molecule has 2 aromatic carbocycles. The van der Waals surface area contributed by atoms with Crippen molar-refractivity contribution in [2.75, 3.05) is 18.0 Å². The maximum absolute atomic E-state index is 12.7. The Hall–Kier alpha value is -3.08. The number of piperidine rings is 1. The summed E-state index contributed by atoms with van der Waals surface area (Å²) in [5.41, 5.74) is 4.22. The number of nitrogens with zero attached hydrogens (tertiary/aromatic N) is 3. The van der Waals surface area contributed by atoms with E-state index >= 15 is 0 Å². The molecule has 0 aliphatic carbocycles. The number of aryl methyl sites for hydroxylation is 1. The standard InChI is InChI=1S/C26H32N4O/c1-19-12-15-29(16-13-19)25-10-8-23(9-11-25)20(2)28-26(31)24-6-4-22(5-7-24)18-30-17-14-27-21(30)3/h4-11,14,17,19-20H,12-13,15-16,18H2,1-3H3,(H,28,31)/t20-/m0/s1. The quantitative estimate of drug-likeness (QED) is 0.617. The lowest BCUT2D eigenvalue weighted by Gasteiger charge is -2.32. The molecule has 162 valence electrons. The number of nitrogens with one attached hydrogen (secondary N) is 1. The molecule has 1 aliphatic heterocycles. The van der Waals surface area contributed by atoms with E-state index in [1.165, 1.54) is 18.5 Å². The predicted octanol–water partition coefficient (Wildman–Crippen LogP) is 4.97. The number of hydrogen-bond donors (Lipinski definition) is 1. The van der Waals surface area contributed by atoms with Gasteiger partial charge < -0.3 is 14.8 Å². The van der Waals surface area contributed by atoms with Gasteiger partial charge in [-0.2, -0.15) is 0 Å². The summed E-state index contributed by atoms with van der Waals surface area (Å²) in [6.45, 7) is 9.37. The molecule has 1 atom stereocenters. The Balaban J connectivity index is 1.34. The number of anilines is 1. The summed E-state index contributed by atoms with van der Waals surface area (Å²) in [5, 5.41) is 3.12. The molecular weight excluding hydrogens is 384 g/mol. The molecule has 0 saturated carbocycles. The van der Waals surface area contributed by atoms with Gasteiger partial charge in [0, 0.05) is 43.3 Å². The Morgan fingerprint density at radius 3 is 2.39 bits per heavy atom. The summed E-state index contributed by atoms with van der Waals surface area (Å²) in [5.74, 6) is 1.76. The van der Waals surface area contributed by atoms with Gasteiger partial charge in [-0.25, -0.2) is 4.98 Å². The maximum atomic E-state index is 12.7. The van der Waals surface area contributed by atoms with Crippen LogP contribution in [0.1, 0.15) is 60.0 Å². The van der Waals surface area contributed by atoms with Crippen LogP contribution in [0, 0.1) is 12.8 Å². The smallest absolute Gasteiger partial charge is 0.251 e. The van der Waals surface area contributed by atoms with Crippen molar-refractivity contribution in [3.05, 3.63) is 83.4 Å². The highest BCUT2D eigenvalue weighted by Crippen LogP contribution is 2.24. The van der Waals surface area contributed by atoms with Crippen molar-refractivity contribution in [2.24, 2.45) is 5.92 Å². The van der Waals surface area contributed by atoms with Crippen LogP contribution in [0.5, 0.6) is 0 Å². The second-order valence-electron chi connectivity index (χ2n) is 8.76. The van der Waals surface area contributed by atoms with Gasteiger partial charge in [0.15, 0.2) is 0 Å². The largest absolute Gasteiger partial charge is 0.372 e. The van der Waals surface area contributed by atoms with Crippen molar-refractivity contribution < 1.29 is 4.79 Å². The SMILES string of the molecule is Cc1nccn1Cc1ccc(C(=O)N[C@@H](C)c2ccc(N3CCC(C)CC3)cc2)cc1. The van der Waals surface area contributed by atoms with Crippen LogP contribution in [0.25, 0.3) is 0 Å². The van der Waals surface area contributed by atoms with Crippen LogP contribution in [0.2, 0.25) is 0 Å². The lowest BCUT2D eigenvalue weighted by atomic mass is 9.98. The van der Waals surface area contributed by atoms with E-state index < -0.39 is 0 Å². The molecule has 1 saturated heterocycles. The van der Waals surface area contributed by atoms with Gasteiger partial charge in [-0.1, -0.05) is 31.2 Å². The van der Waals surface area contributed by atoms with E-state index in [9.17, 15) is 4.79 Å². The number of rotatable bonds is 6. The predicted molar refractivity (Wildman–Crippen MR) is 125 cm³/mol. The molecule has 1 N–H and O–H groups in total. The fourth-order valence-electron chi connectivity index (χ4n) is 4.13. The first-order valence-electron chi connectivity index (χ1n) is 11.2. The van der Waals surface area contributed by atoms with E-state index in [1.807, 2.05) is 44.3 Å². The molecular formula is C26H32N4O. The monoisotopic (exact) mass is 416 g/mol. The normalized spacial score (nSPS) is 15.6. The average molecular weight is 417 g/mol. The Labute approximate surface area is 185 Å². The van der Waals surface area contributed by atoms with Crippen LogP contribution >= 0.6 is 0 Å². The zero-order chi connectivity index (χ0) is 21.8. The van der Waals surface area contributed by atoms with E-state index in [-0.39, 0.29) is 11.9 Å². The minimum Gasteiger partial charge on any atom is -0.372 e. The van der Waals surface area contributed by atoms with Gasteiger partial charge in [-0.15, -0.1) is 0 Å². The molecule has 1 amide bonds. The van der Waals surface area contributed by atoms with Crippen molar-refractivity contribution in [1.29, 1.82) is 0 Å². The van der Waals surface area contributed by atoms with Crippen LogP contribution in [-0.4, -0.2) is 28.5 Å². The summed E-state index contributed by atoms with van der Waals surface area (Å²) in [6.07, 6.45) is 6.29. The van der Waals surface area contributed by atoms with Crippen molar-refractivity contribution in [3.63, 3.8) is 0 Å². The molecule has 2 heterocycles. The summed E-state index contributed by atoms with van der Waals surface area (Å²) >= 11 is 0. The van der Waals surface area contributed by atoms with Crippen LogP contribution in [0.15, 0.2) is 60.9 Å². The zero-order valence-corrected chi connectivity index (χ0v) is 18.7. The molecule has 1 aromatic heterocycles. The lowest BCUT2D eigenvalue weighted by Crippen LogP contribution is -2.32. The van der Waals surface area contributed by atoms with E-state index in [4.69, 9.17) is 0 Å². The first kappa shape index (κ1) is 21.2. The summed E-state index contributed by atoms with van der Waals surface area (Å²) in [4.78, 5) is 19.4. The minimum absolute atomic E-state index is 0.0452. The lowest BCUT2D eigenvalue weighted by molar-refractivity contribution is 0.0940. The molecule has 5 nitrogen and oxygen atoms in total. The van der Waals surface area contributed by atoms with E-state index in [1.54, 1.807) is 6.20 Å². The fraction of sp³-hybridized carbons (Fsp3) is 0.385. The first-order chi connectivity index (χ1) is 15.0. The van der Waals surface area contributed by atoms with Gasteiger partial charge in [0.25, 0.3) is 5.91 Å². The second kappa shape index (κ2) is 9.38. The molecule has 3 aromatic rings. The Morgan fingerprint density at radius 2 is 1.77 bits per heavy atom. The highest BCUT2D eigenvalue weighted by atomic mass is 16.1. The second-order valence-corrected chi connectivity index (χ2v) is 8.76. The van der Waals surface area contributed by atoms with Gasteiger partial charge >= 0.3 is 0 Å². The molecule has 4 rings (SSSR count). The number of hydrogen-bond acceptors (Lipinski definition) is 3. The topological polar surface area (TPSA) is 50.2 Å². The summed E-state index contributed by atoms with van der Waals surface area (Å²) < 4.78 is 2.09. The Bertz CT molecular complexity index is 999. The third kappa shape index (κ3) is 5.16. The van der Waals surface area contributed by atoms with Gasteiger partial charge in [-0.3, -0.25) is 4.79 Å². The molecule has 1 aliphatic rings. The minimum atomic E-state index is -0.0491. The van der Waals surface area contributed by atoms with Gasteiger partial charge in [0.1, 0.15) is 5.82 Å². The molecule has 0 bridgehead atoms. The zero-order valence-electron chi connectivity index (χ0n) is 18.7. The third-order valence-electron chi connectivity index (χ3n) is 6.38. The van der Waals surface area contributed by atoms with Crippen LogP contribution in [-0.2, 0) is 6.54 Å². The number of carbonyl (C=O) groups excluding carboxylic acids is 1. The summed E-state index contributed by atoms with van der Waals surface area (Å²) in [6, 6.07) is 16.4. The molecule has 1 fully saturated rings.